The number of rotatable bonds is 14. The molecule has 5 heterocycles. The fourth-order valence-electron chi connectivity index (χ4n) is 8.06. The summed E-state index contributed by atoms with van der Waals surface area (Å²) in [6.07, 6.45) is 5.24. The van der Waals surface area contributed by atoms with Gasteiger partial charge < -0.3 is 51.3 Å². The van der Waals surface area contributed by atoms with Gasteiger partial charge in [0.2, 0.25) is 47.3 Å². The van der Waals surface area contributed by atoms with Crippen LogP contribution in [0, 0.1) is 0 Å². The number of thiol groups is 1. The quantitative estimate of drug-likeness (QED) is 0.0856. The summed E-state index contributed by atoms with van der Waals surface area (Å²) in [5, 5.41) is 22.1. The van der Waals surface area contributed by atoms with E-state index in [4.69, 9.17) is 5.11 Å². The van der Waals surface area contributed by atoms with E-state index in [0.717, 1.165) is 13.0 Å². The first-order valence-corrected chi connectivity index (χ1v) is 19.4. The highest BCUT2D eigenvalue weighted by Gasteiger charge is 2.44. The van der Waals surface area contributed by atoms with Crippen molar-refractivity contribution in [3.8, 4) is 0 Å². The predicted molar refractivity (Wildman–Crippen MR) is 192 cm³/mol. The molecule has 0 spiro atoms. The predicted octanol–water partition coefficient (Wildman–Crippen LogP) is -3.45. The van der Waals surface area contributed by atoms with Gasteiger partial charge in [-0.25, -0.2) is 0 Å². The van der Waals surface area contributed by atoms with E-state index in [1.54, 1.807) is 0 Å². The fourth-order valence-corrected chi connectivity index (χ4v) is 8.31. The van der Waals surface area contributed by atoms with E-state index in [1.807, 2.05) is 0 Å². The molecule has 6 atom stereocenters. The lowest BCUT2D eigenvalue weighted by molar-refractivity contribution is -0.148. The third-order valence-electron chi connectivity index (χ3n) is 10.8. The molecule has 5 saturated heterocycles. The number of carboxylic acid groups (broad SMARTS) is 1. The number of carbonyl (C=O) groups is 9. The molecule has 20 heteroatoms. The van der Waals surface area contributed by atoms with Crippen molar-refractivity contribution >= 4 is 65.9 Å². The van der Waals surface area contributed by atoms with Crippen LogP contribution in [0.5, 0.6) is 0 Å². The molecule has 0 bridgehead atoms. The Hall–Kier alpha value is -4.46. The molecule has 5 aliphatic rings. The lowest BCUT2D eigenvalue weighted by Gasteiger charge is -2.32. The van der Waals surface area contributed by atoms with Crippen molar-refractivity contribution in [1.29, 1.82) is 0 Å². The first kappa shape index (κ1) is 40.7. The van der Waals surface area contributed by atoms with Gasteiger partial charge in [-0.05, 0) is 70.8 Å². The number of likely N-dealkylation sites (tertiary alicyclic amines) is 4. The maximum Gasteiger partial charge on any atom is 0.322 e. The third-order valence-corrected chi connectivity index (χ3v) is 11.2. The topological polar surface area (TPSA) is 247 Å². The van der Waals surface area contributed by atoms with Crippen LogP contribution in [-0.4, -0.2) is 172 Å². The molecule has 19 nitrogen and oxygen atoms in total. The van der Waals surface area contributed by atoms with Gasteiger partial charge in [-0.1, -0.05) is 0 Å². The van der Waals surface area contributed by atoms with Crippen LogP contribution in [0.2, 0.25) is 0 Å². The van der Waals surface area contributed by atoms with Crippen LogP contribution in [-0.2, 0) is 43.2 Å². The Labute approximate surface area is 318 Å². The third kappa shape index (κ3) is 9.60. The monoisotopic (exact) mass is 777 g/mol. The Kier molecular flexibility index (Phi) is 14.1. The normalized spacial score (nSPS) is 25.7. The molecule has 5 fully saturated rings. The van der Waals surface area contributed by atoms with Crippen LogP contribution in [0.4, 0.5) is 0 Å². The van der Waals surface area contributed by atoms with Crippen LogP contribution >= 0.6 is 12.6 Å². The Morgan fingerprint density at radius 2 is 1.06 bits per heavy atom. The number of nitrogens with zero attached hydrogens (tertiary/aromatic N) is 4. The van der Waals surface area contributed by atoms with E-state index in [-0.39, 0.29) is 30.8 Å². The Morgan fingerprint density at radius 3 is 1.52 bits per heavy atom. The standard InChI is InChI=1S/C34H51N9O10S/c44-26(16-36-29(48)21(19-54)39-30(49)20-6-1-11-35-20)40-12-4-9-24(40)33(52)42-14-2-7-22(42)31(50)37-17-27(45)41-13-5-10-25(41)34(53)43-15-3-8-23(43)32(51)38-18-28(46)47/h20-25,35,54H,1-19H2,(H,36,48)(H,37,50)(H,38,51)(H,39,49)(H,46,47)/t20-,21-,22-,23-,24-,25-/m0/s1. The van der Waals surface area contributed by atoms with Gasteiger partial charge in [-0.2, -0.15) is 12.6 Å². The van der Waals surface area contributed by atoms with Gasteiger partial charge in [0, 0.05) is 31.9 Å². The van der Waals surface area contributed by atoms with E-state index in [9.17, 15) is 43.2 Å². The molecule has 0 radical (unpaired) electrons. The molecule has 0 saturated carbocycles. The van der Waals surface area contributed by atoms with Gasteiger partial charge in [0.1, 0.15) is 36.8 Å². The molecule has 0 aromatic carbocycles. The Bertz CT molecular complexity index is 1490. The van der Waals surface area contributed by atoms with Gasteiger partial charge in [0.05, 0.1) is 19.1 Å². The Morgan fingerprint density at radius 1 is 0.593 bits per heavy atom. The van der Waals surface area contributed by atoms with Crippen LogP contribution in [0.15, 0.2) is 0 Å². The molecule has 0 aromatic rings. The van der Waals surface area contributed by atoms with Crippen molar-refractivity contribution in [3.63, 3.8) is 0 Å². The first-order chi connectivity index (χ1) is 25.9. The van der Waals surface area contributed by atoms with E-state index in [0.29, 0.717) is 77.4 Å². The SMILES string of the molecule is O=C(O)CNC(=O)[C@@H]1CCCN1C(=O)[C@@H]1CCCN1C(=O)CNC(=O)[C@@H]1CCCN1C(=O)[C@@H]1CCCN1C(=O)CNC(=O)[C@H](CS)NC(=O)[C@@H]1CCCN1. The maximum atomic E-state index is 13.8. The van der Waals surface area contributed by atoms with E-state index >= 15 is 0 Å². The second-order valence-electron chi connectivity index (χ2n) is 14.3. The zero-order valence-electron chi connectivity index (χ0n) is 30.3. The first-order valence-electron chi connectivity index (χ1n) is 18.8. The van der Waals surface area contributed by atoms with Gasteiger partial charge in [0.15, 0.2) is 0 Å². The second-order valence-corrected chi connectivity index (χ2v) is 14.7. The summed E-state index contributed by atoms with van der Waals surface area (Å²) < 4.78 is 0. The highest BCUT2D eigenvalue weighted by molar-refractivity contribution is 7.80. The largest absolute Gasteiger partial charge is 0.480 e. The molecule has 54 heavy (non-hydrogen) atoms. The summed E-state index contributed by atoms with van der Waals surface area (Å²) in [5.41, 5.74) is 0. The summed E-state index contributed by atoms with van der Waals surface area (Å²) in [6, 6.07) is -4.65. The lowest BCUT2D eigenvalue weighted by atomic mass is 10.1. The lowest BCUT2D eigenvalue weighted by Crippen LogP contribution is -2.56. The highest BCUT2D eigenvalue weighted by Crippen LogP contribution is 2.27. The van der Waals surface area contributed by atoms with Crippen LogP contribution in [0.3, 0.4) is 0 Å². The van der Waals surface area contributed by atoms with Crippen molar-refractivity contribution in [2.45, 2.75) is 100 Å². The fraction of sp³-hybridized carbons (Fsp3) is 0.735. The number of carboxylic acids is 1. The maximum absolute atomic E-state index is 13.8. The van der Waals surface area contributed by atoms with Crippen molar-refractivity contribution in [1.82, 2.24) is 46.2 Å². The summed E-state index contributed by atoms with van der Waals surface area (Å²) in [7, 11) is 0. The molecule has 8 amide bonds. The van der Waals surface area contributed by atoms with Gasteiger partial charge in [-0.3, -0.25) is 43.2 Å². The van der Waals surface area contributed by atoms with Crippen LogP contribution in [0.1, 0.15) is 64.2 Å². The van der Waals surface area contributed by atoms with Crippen LogP contribution < -0.4 is 26.6 Å². The number of nitrogens with one attached hydrogen (secondary N) is 5. The molecule has 0 aromatic heterocycles. The second kappa shape index (κ2) is 18.7. The van der Waals surface area contributed by atoms with Crippen LogP contribution in [0.25, 0.3) is 0 Å². The molecular formula is C34H51N9O10S. The molecule has 5 rings (SSSR count). The number of hydrogen-bond donors (Lipinski definition) is 7. The number of hydrogen-bond acceptors (Lipinski definition) is 11. The van der Waals surface area contributed by atoms with Crippen molar-refractivity contribution in [2.75, 3.05) is 58.1 Å². The molecule has 6 N–H and O–H groups in total. The molecular weight excluding hydrogens is 726 g/mol. The Balaban J connectivity index is 1.10. The minimum Gasteiger partial charge on any atom is -0.480 e. The molecule has 0 aliphatic carbocycles. The number of aliphatic carboxylic acids is 1. The van der Waals surface area contributed by atoms with E-state index < -0.39 is 90.6 Å². The van der Waals surface area contributed by atoms with Gasteiger partial charge in [-0.15, -0.1) is 0 Å². The molecule has 5 aliphatic heterocycles. The van der Waals surface area contributed by atoms with Crippen molar-refractivity contribution in [2.24, 2.45) is 0 Å². The number of amides is 8. The van der Waals surface area contributed by atoms with Crippen molar-refractivity contribution < 1.29 is 48.3 Å². The summed E-state index contributed by atoms with van der Waals surface area (Å²) in [5.74, 6) is -4.87. The average molecular weight is 778 g/mol. The minimum atomic E-state index is -1.20. The van der Waals surface area contributed by atoms with E-state index in [1.165, 1.54) is 19.6 Å². The van der Waals surface area contributed by atoms with Gasteiger partial charge >= 0.3 is 5.97 Å². The summed E-state index contributed by atoms with van der Waals surface area (Å²) >= 11 is 4.18. The van der Waals surface area contributed by atoms with Crippen molar-refractivity contribution in [3.05, 3.63) is 0 Å². The zero-order chi connectivity index (χ0) is 38.9. The highest BCUT2D eigenvalue weighted by atomic mass is 32.1. The smallest absolute Gasteiger partial charge is 0.322 e. The molecule has 0 unspecified atom stereocenters. The minimum absolute atomic E-state index is 0.0285. The summed E-state index contributed by atoms with van der Waals surface area (Å²) in [4.78, 5) is 122. The van der Waals surface area contributed by atoms with Gasteiger partial charge in [0.25, 0.3) is 0 Å². The zero-order valence-corrected chi connectivity index (χ0v) is 31.2. The average Bonchev–Trinajstić information content (AvgIpc) is 4.01. The number of carbonyl (C=O) groups excluding carboxylic acids is 8. The van der Waals surface area contributed by atoms with E-state index in [2.05, 4.69) is 39.2 Å². The summed E-state index contributed by atoms with van der Waals surface area (Å²) in [6.45, 7) is 0.551. The molecule has 298 valence electrons.